The maximum Gasteiger partial charge on any atom is 0.126 e. The van der Waals surface area contributed by atoms with Gasteiger partial charge in [0.15, 0.2) is 0 Å². The molecule has 0 N–H and O–H groups in total. The SMILES string of the molecule is CCCN1CCCC(c2cc(Br)ccc2F)C1. The van der Waals surface area contributed by atoms with Crippen LogP contribution >= 0.6 is 15.9 Å². The Morgan fingerprint density at radius 3 is 3.06 bits per heavy atom. The second-order valence-electron chi connectivity index (χ2n) is 4.81. The molecule has 0 spiro atoms. The van der Waals surface area contributed by atoms with Crippen molar-refractivity contribution >= 4 is 15.9 Å². The molecule has 0 aromatic heterocycles. The topological polar surface area (TPSA) is 3.24 Å². The summed E-state index contributed by atoms with van der Waals surface area (Å²) in [4.78, 5) is 2.45. The lowest BCUT2D eigenvalue weighted by Gasteiger charge is -2.32. The number of rotatable bonds is 3. The van der Waals surface area contributed by atoms with Crippen LogP contribution in [-0.4, -0.2) is 24.5 Å². The van der Waals surface area contributed by atoms with Gasteiger partial charge in [-0.2, -0.15) is 0 Å². The zero-order chi connectivity index (χ0) is 12.3. The van der Waals surface area contributed by atoms with Crippen LogP contribution in [0.4, 0.5) is 4.39 Å². The Bertz CT molecular complexity index is 378. The third-order valence-electron chi connectivity index (χ3n) is 3.44. The van der Waals surface area contributed by atoms with E-state index >= 15 is 0 Å². The van der Waals surface area contributed by atoms with E-state index in [0.29, 0.717) is 5.92 Å². The summed E-state index contributed by atoms with van der Waals surface area (Å²) in [6, 6.07) is 5.28. The molecule has 1 aromatic carbocycles. The minimum atomic E-state index is -0.0588. The number of hydrogen-bond donors (Lipinski definition) is 0. The second kappa shape index (κ2) is 5.96. The van der Waals surface area contributed by atoms with Gasteiger partial charge in [-0.1, -0.05) is 22.9 Å². The molecule has 1 aromatic rings. The van der Waals surface area contributed by atoms with Crippen molar-refractivity contribution in [3.63, 3.8) is 0 Å². The maximum atomic E-state index is 13.8. The fourth-order valence-corrected chi connectivity index (χ4v) is 3.03. The molecule has 1 unspecified atom stereocenters. The van der Waals surface area contributed by atoms with Crippen molar-refractivity contribution in [1.29, 1.82) is 0 Å². The summed E-state index contributed by atoms with van der Waals surface area (Å²) in [5, 5.41) is 0. The Morgan fingerprint density at radius 2 is 2.29 bits per heavy atom. The molecule has 1 nitrogen and oxygen atoms in total. The van der Waals surface area contributed by atoms with Crippen molar-refractivity contribution in [2.24, 2.45) is 0 Å². The van der Waals surface area contributed by atoms with Gasteiger partial charge in [0.1, 0.15) is 5.82 Å². The first-order chi connectivity index (χ1) is 8.20. The van der Waals surface area contributed by atoms with E-state index in [1.54, 1.807) is 12.1 Å². The molecule has 0 radical (unpaired) electrons. The number of benzene rings is 1. The Hall–Kier alpha value is -0.410. The average molecular weight is 300 g/mol. The summed E-state index contributed by atoms with van der Waals surface area (Å²) >= 11 is 3.43. The molecule has 1 atom stereocenters. The van der Waals surface area contributed by atoms with Gasteiger partial charge in [-0.05, 0) is 62.0 Å². The highest BCUT2D eigenvalue weighted by Gasteiger charge is 2.23. The number of piperidine rings is 1. The Balaban J connectivity index is 2.13. The normalized spacial score (nSPS) is 21.7. The van der Waals surface area contributed by atoms with Crippen molar-refractivity contribution < 1.29 is 4.39 Å². The predicted octanol–water partition coefficient (Wildman–Crippen LogP) is 4.18. The van der Waals surface area contributed by atoms with E-state index in [1.807, 2.05) is 6.07 Å². The fraction of sp³-hybridized carbons (Fsp3) is 0.571. The summed E-state index contributed by atoms with van der Waals surface area (Å²) in [5.41, 5.74) is 0.875. The monoisotopic (exact) mass is 299 g/mol. The highest BCUT2D eigenvalue weighted by molar-refractivity contribution is 9.10. The fourth-order valence-electron chi connectivity index (χ4n) is 2.66. The molecule has 0 amide bonds. The molecule has 1 fully saturated rings. The Kier molecular flexibility index (Phi) is 4.57. The highest BCUT2D eigenvalue weighted by Crippen LogP contribution is 2.30. The minimum absolute atomic E-state index is 0.0588. The Labute approximate surface area is 111 Å². The molecular weight excluding hydrogens is 281 g/mol. The van der Waals surface area contributed by atoms with Crippen LogP contribution in [0.2, 0.25) is 0 Å². The van der Waals surface area contributed by atoms with Gasteiger partial charge >= 0.3 is 0 Å². The summed E-state index contributed by atoms with van der Waals surface area (Å²) in [6.07, 6.45) is 3.46. The van der Waals surface area contributed by atoms with Gasteiger partial charge in [-0.15, -0.1) is 0 Å². The first-order valence-corrected chi connectivity index (χ1v) is 7.17. The van der Waals surface area contributed by atoms with Crippen LogP contribution in [0, 0.1) is 5.82 Å². The van der Waals surface area contributed by atoms with Crippen LogP contribution in [0.1, 0.15) is 37.7 Å². The molecule has 1 saturated heterocycles. The Morgan fingerprint density at radius 1 is 1.47 bits per heavy atom. The minimum Gasteiger partial charge on any atom is -0.303 e. The lowest BCUT2D eigenvalue weighted by molar-refractivity contribution is 0.206. The third kappa shape index (κ3) is 3.29. The average Bonchev–Trinajstić information content (AvgIpc) is 2.33. The van der Waals surface area contributed by atoms with Gasteiger partial charge in [0.2, 0.25) is 0 Å². The van der Waals surface area contributed by atoms with Crippen LogP contribution in [-0.2, 0) is 0 Å². The van der Waals surface area contributed by atoms with E-state index in [4.69, 9.17) is 0 Å². The number of halogens is 2. The van der Waals surface area contributed by atoms with Gasteiger partial charge in [0.25, 0.3) is 0 Å². The smallest absolute Gasteiger partial charge is 0.126 e. The van der Waals surface area contributed by atoms with Crippen molar-refractivity contribution in [2.45, 2.75) is 32.1 Å². The van der Waals surface area contributed by atoms with E-state index in [2.05, 4.69) is 27.8 Å². The molecule has 94 valence electrons. The van der Waals surface area contributed by atoms with Crippen LogP contribution in [0.25, 0.3) is 0 Å². The summed E-state index contributed by atoms with van der Waals surface area (Å²) in [5.74, 6) is 0.296. The van der Waals surface area contributed by atoms with Crippen LogP contribution in [0.3, 0.4) is 0 Å². The summed E-state index contributed by atoms with van der Waals surface area (Å²) in [6.45, 7) is 5.50. The zero-order valence-corrected chi connectivity index (χ0v) is 11.8. The third-order valence-corrected chi connectivity index (χ3v) is 3.94. The first kappa shape index (κ1) is 13.0. The first-order valence-electron chi connectivity index (χ1n) is 6.38. The van der Waals surface area contributed by atoms with Crippen molar-refractivity contribution in [1.82, 2.24) is 4.90 Å². The van der Waals surface area contributed by atoms with Crippen molar-refractivity contribution in [3.8, 4) is 0 Å². The van der Waals surface area contributed by atoms with Gasteiger partial charge in [-0.3, -0.25) is 0 Å². The standard InChI is InChI=1S/C14H19BrFN/c1-2-7-17-8-3-4-11(10-17)13-9-12(15)5-6-14(13)16/h5-6,9,11H,2-4,7-8,10H2,1H3. The van der Waals surface area contributed by atoms with Gasteiger partial charge in [0.05, 0.1) is 0 Å². The molecule has 0 saturated carbocycles. The largest absolute Gasteiger partial charge is 0.303 e. The molecular formula is C14H19BrFN. The molecule has 0 bridgehead atoms. The van der Waals surface area contributed by atoms with Crippen molar-refractivity contribution in [3.05, 3.63) is 34.1 Å². The summed E-state index contributed by atoms with van der Waals surface area (Å²) < 4.78 is 14.8. The van der Waals surface area contributed by atoms with Gasteiger partial charge in [0, 0.05) is 11.0 Å². The van der Waals surface area contributed by atoms with E-state index in [9.17, 15) is 4.39 Å². The lowest BCUT2D eigenvalue weighted by atomic mass is 9.90. The van der Waals surface area contributed by atoms with Crippen LogP contribution in [0.15, 0.2) is 22.7 Å². The van der Waals surface area contributed by atoms with E-state index in [1.165, 1.54) is 19.4 Å². The molecule has 1 aliphatic heterocycles. The zero-order valence-electron chi connectivity index (χ0n) is 10.3. The quantitative estimate of drug-likeness (QED) is 0.809. The van der Waals surface area contributed by atoms with Crippen molar-refractivity contribution in [2.75, 3.05) is 19.6 Å². The second-order valence-corrected chi connectivity index (χ2v) is 5.72. The molecule has 0 aliphatic carbocycles. The summed E-state index contributed by atoms with van der Waals surface area (Å²) in [7, 11) is 0. The number of likely N-dealkylation sites (tertiary alicyclic amines) is 1. The lowest BCUT2D eigenvalue weighted by Crippen LogP contribution is -2.35. The van der Waals surface area contributed by atoms with Crippen LogP contribution < -0.4 is 0 Å². The number of nitrogens with zero attached hydrogens (tertiary/aromatic N) is 1. The highest BCUT2D eigenvalue weighted by atomic mass is 79.9. The maximum absolute atomic E-state index is 13.8. The van der Waals surface area contributed by atoms with E-state index in [0.717, 1.165) is 29.5 Å². The molecule has 1 heterocycles. The number of hydrogen-bond acceptors (Lipinski definition) is 1. The molecule has 1 aliphatic rings. The van der Waals surface area contributed by atoms with Gasteiger partial charge in [-0.25, -0.2) is 4.39 Å². The van der Waals surface area contributed by atoms with E-state index < -0.39 is 0 Å². The molecule has 2 rings (SSSR count). The molecule has 3 heteroatoms. The van der Waals surface area contributed by atoms with Crippen LogP contribution in [0.5, 0.6) is 0 Å². The van der Waals surface area contributed by atoms with Gasteiger partial charge < -0.3 is 4.90 Å². The van der Waals surface area contributed by atoms with E-state index in [-0.39, 0.29) is 5.82 Å². The molecule has 17 heavy (non-hydrogen) atoms. The predicted molar refractivity (Wildman–Crippen MR) is 72.8 cm³/mol.